The molecular formula is C12H15N3O3S. The molecule has 3 N–H and O–H groups in total. The van der Waals surface area contributed by atoms with Gasteiger partial charge in [0.25, 0.3) is 0 Å². The molecule has 19 heavy (non-hydrogen) atoms. The zero-order chi connectivity index (χ0) is 13.7. The number of nitrogens with one attached hydrogen (secondary N) is 2. The normalized spacial score (nSPS) is 11.6. The molecular weight excluding hydrogens is 266 g/mol. The standard InChI is InChI=1S/C12H15N3O3S/c16-9-11-7-12(8-14-11)19(17,18)15-6-4-10-3-1-2-5-13-10/h1-3,5,7-8,14-16H,4,6,9H2. The number of sulfonamides is 1. The molecule has 0 atom stereocenters. The molecule has 2 aromatic rings. The lowest BCUT2D eigenvalue weighted by Gasteiger charge is -2.04. The number of hydrogen-bond donors (Lipinski definition) is 3. The van der Waals surface area contributed by atoms with Crippen molar-refractivity contribution in [1.82, 2.24) is 14.7 Å². The van der Waals surface area contributed by atoms with Gasteiger partial charge in [-0.15, -0.1) is 0 Å². The number of nitrogens with zero attached hydrogens (tertiary/aromatic N) is 1. The molecule has 0 spiro atoms. The predicted molar refractivity (Wildman–Crippen MR) is 69.8 cm³/mol. The van der Waals surface area contributed by atoms with Gasteiger partial charge in [0, 0.05) is 36.7 Å². The molecule has 0 fully saturated rings. The average molecular weight is 281 g/mol. The molecule has 0 aromatic carbocycles. The van der Waals surface area contributed by atoms with Crippen LogP contribution in [0.2, 0.25) is 0 Å². The van der Waals surface area contributed by atoms with Gasteiger partial charge in [-0.25, -0.2) is 13.1 Å². The van der Waals surface area contributed by atoms with Crippen molar-refractivity contribution in [3.05, 3.63) is 48.0 Å². The molecule has 0 aliphatic heterocycles. The summed E-state index contributed by atoms with van der Waals surface area (Å²) in [6, 6.07) is 6.91. The molecule has 0 aliphatic rings. The van der Waals surface area contributed by atoms with Gasteiger partial charge in [-0.3, -0.25) is 4.98 Å². The Balaban J connectivity index is 1.94. The Morgan fingerprint density at radius 3 is 2.84 bits per heavy atom. The van der Waals surface area contributed by atoms with Gasteiger partial charge >= 0.3 is 0 Å². The van der Waals surface area contributed by atoms with Crippen molar-refractivity contribution in [2.75, 3.05) is 6.54 Å². The number of aromatic nitrogens is 2. The maximum Gasteiger partial charge on any atom is 0.242 e. The van der Waals surface area contributed by atoms with Crippen molar-refractivity contribution < 1.29 is 13.5 Å². The first kappa shape index (κ1) is 13.7. The minimum Gasteiger partial charge on any atom is -0.390 e. The van der Waals surface area contributed by atoms with E-state index in [9.17, 15) is 8.42 Å². The van der Waals surface area contributed by atoms with Crippen molar-refractivity contribution in [3.63, 3.8) is 0 Å². The molecule has 0 radical (unpaired) electrons. The number of aromatic amines is 1. The Morgan fingerprint density at radius 2 is 2.21 bits per heavy atom. The molecule has 0 amide bonds. The molecule has 2 rings (SSSR count). The van der Waals surface area contributed by atoms with Gasteiger partial charge in [0.2, 0.25) is 10.0 Å². The molecule has 0 unspecified atom stereocenters. The van der Waals surface area contributed by atoms with Crippen LogP contribution in [0.3, 0.4) is 0 Å². The third kappa shape index (κ3) is 3.63. The van der Waals surface area contributed by atoms with E-state index in [1.165, 1.54) is 12.3 Å². The van der Waals surface area contributed by atoms with E-state index in [-0.39, 0.29) is 18.0 Å². The van der Waals surface area contributed by atoms with Gasteiger partial charge in [-0.2, -0.15) is 0 Å². The number of aliphatic hydroxyl groups excluding tert-OH is 1. The summed E-state index contributed by atoms with van der Waals surface area (Å²) in [6.45, 7) is 0.0580. The summed E-state index contributed by atoms with van der Waals surface area (Å²) in [7, 11) is -3.54. The number of hydrogen-bond acceptors (Lipinski definition) is 4. The molecule has 102 valence electrons. The molecule has 0 aliphatic carbocycles. The minimum absolute atomic E-state index is 0.123. The van der Waals surface area contributed by atoms with E-state index in [4.69, 9.17) is 5.11 Å². The van der Waals surface area contributed by atoms with E-state index in [1.54, 1.807) is 6.20 Å². The summed E-state index contributed by atoms with van der Waals surface area (Å²) in [6.07, 6.45) is 3.55. The number of aliphatic hydroxyl groups is 1. The monoisotopic (exact) mass is 281 g/mol. The average Bonchev–Trinajstić information content (AvgIpc) is 2.89. The maximum absolute atomic E-state index is 11.9. The van der Waals surface area contributed by atoms with Crippen molar-refractivity contribution in [1.29, 1.82) is 0 Å². The van der Waals surface area contributed by atoms with Crippen LogP contribution in [-0.2, 0) is 23.1 Å². The van der Waals surface area contributed by atoms with Crippen LogP contribution < -0.4 is 4.72 Å². The zero-order valence-corrected chi connectivity index (χ0v) is 11.0. The van der Waals surface area contributed by atoms with Crippen LogP contribution in [0.15, 0.2) is 41.6 Å². The molecule has 2 aromatic heterocycles. The first-order valence-corrected chi connectivity index (χ1v) is 7.28. The van der Waals surface area contributed by atoms with Crippen molar-refractivity contribution in [3.8, 4) is 0 Å². The van der Waals surface area contributed by atoms with Crippen LogP contribution in [0, 0.1) is 0 Å². The van der Waals surface area contributed by atoms with Crippen LogP contribution >= 0.6 is 0 Å². The van der Waals surface area contributed by atoms with E-state index in [1.807, 2.05) is 18.2 Å². The summed E-state index contributed by atoms with van der Waals surface area (Å²) >= 11 is 0. The molecule has 6 nitrogen and oxygen atoms in total. The van der Waals surface area contributed by atoms with Crippen LogP contribution in [-0.4, -0.2) is 30.0 Å². The Labute approximate surface area is 111 Å². The van der Waals surface area contributed by atoms with Gasteiger partial charge in [0.05, 0.1) is 11.5 Å². The first-order valence-electron chi connectivity index (χ1n) is 5.79. The van der Waals surface area contributed by atoms with E-state index >= 15 is 0 Å². The highest BCUT2D eigenvalue weighted by Crippen LogP contribution is 2.10. The summed E-state index contributed by atoms with van der Waals surface area (Å²) < 4.78 is 26.3. The van der Waals surface area contributed by atoms with Gasteiger partial charge in [0.1, 0.15) is 0 Å². The van der Waals surface area contributed by atoms with Crippen LogP contribution in [0.1, 0.15) is 11.4 Å². The Morgan fingerprint density at radius 1 is 1.37 bits per heavy atom. The van der Waals surface area contributed by atoms with Crippen LogP contribution in [0.25, 0.3) is 0 Å². The highest BCUT2D eigenvalue weighted by Gasteiger charge is 2.15. The summed E-state index contributed by atoms with van der Waals surface area (Å²) in [5.74, 6) is 0. The summed E-state index contributed by atoms with van der Waals surface area (Å²) in [5, 5.41) is 8.89. The third-order valence-electron chi connectivity index (χ3n) is 2.60. The van der Waals surface area contributed by atoms with E-state index in [0.29, 0.717) is 12.1 Å². The molecule has 0 bridgehead atoms. The maximum atomic E-state index is 11.9. The van der Waals surface area contributed by atoms with E-state index in [0.717, 1.165) is 5.69 Å². The number of rotatable bonds is 6. The largest absolute Gasteiger partial charge is 0.390 e. The molecule has 7 heteroatoms. The van der Waals surface area contributed by atoms with Gasteiger partial charge < -0.3 is 10.1 Å². The van der Waals surface area contributed by atoms with Crippen LogP contribution in [0.5, 0.6) is 0 Å². The molecule has 0 saturated heterocycles. The smallest absolute Gasteiger partial charge is 0.242 e. The minimum atomic E-state index is -3.54. The second-order valence-corrected chi connectivity index (χ2v) is 5.75. The fourth-order valence-electron chi connectivity index (χ4n) is 1.61. The zero-order valence-electron chi connectivity index (χ0n) is 10.2. The highest BCUT2D eigenvalue weighted by molar-refractivity contribution is 7.89. The Hall–Kier alpha value is -1.70. The predicted octanol–water partition coefficient (Wildman–Crippen LogP) is 0.423. The summed E-state index contributed by atoms with van der Waals surface area (Å²) in [4.78, 5) is 6.93. The Kier molecular flexibility index (Phi) is 4.31. The topological polar surface area (TPSA) is 95.1 Å². The van der Waals surface area contributed by atoms with Crippen LogP contribution in [0.4, 0.5) is 0 Å². The fraction of sp³-hybridized carbons (Fsp3) is 0.250. The van der Waals surface area contributed by atoms with E-state index < -0.39 is 10.0 Å². The lowest BCUT2D eigenvalue weighted by molar-refractivity contribution is 0.277. The lowest BCUT2D eigenvalue weighted by Crippen LogP contribution is -2.25. The quantitative estimate of drug-likeness (QED) is 0.715. The molecule has 2 heterocycles. The second kappa shape index (κ2) is 5.96. The second-order valence-electron chi connectivity index (χ2n) is 3.99. The van der Waals surface area contributed by atoms with Crippen molar-refractivity contribution >= 4 is 10.0 Å². The Bertz CT molecular complexity index is 623. The van der Waals surface area contributed by atoms with Gasteiger partial charge in [0.15, 0.2) is 0 Å². The summed E-state index contributed by atoms with van der Waals surface area (Å²) in [5.41, 5.74) is 1.29. The van der Waals surface area contributed by atoms with Crippen molar-refractivity contribution in [2.45, 2.75) is 17.9 Å². The van der Waals surface area contributed by atoms with E-state index in [2.05, 4.69) is 14.7 Å². The lowest BCUT2D eigenvalue weighted by atomic mass is 10.3. The SMILES string of the molecule is O=S(=O)(NCCc1ccccn1)c1c[nH]c(CO)c1. The first-order chi connectivity index (χ1) is 9.12. The number of pyridine rings is 1. The van der Waals surface area contributed by atoms with Gasteiger partial charge in [-0.05, 0) is 18.2 Å². The molecule has 0 saturated carbocycles. The highest BCUT2D eigenvalue weighted by atomic mass is 32.2. The number of H-pyrrole nitrogens is 1. The van der Waals surface area contributed by atoms with Crippen molar-refractivity contribution in [2.24, 2.45) is 0 Å². The van der Waals surface area contributed by atoms with Gasteiger partial charge in [-0.1, -0.05) is 6.07 Å². The third-order valence-corrected chi connectivity index (χ3v) is 4.04. The fourth-order valence-corrected chi connectivity index (χ4v) is 2.66.